The Morgan fingerprint density at radius 1 is 1.45 bits per heavy atom. The van der Waals surface area contributed by atoms with Gasteiger partial charge < -0.3 is 9.84 Å². The SMILES string of the molecule is CCc1ccc(C(=O)O)cc1S(=O)(=O)CC1CCCO1. The van der Waals surface area contributed by atoms with Crippen molar-refractivity contribution in [2.75, 3.05) is 12.4 Å². The molecule has 0 saturated carbocycles. The summed E-state index contributed by atoms with van der Waals surface area (Å²) >= 11 is 0. The Bertz CT molecular complexity index is 600. The lowest BCUT2D eigenvalue weighted by atomic mass is 10.1. The van der Waals surface area contributed by atoms with Gasteiger partial charge in [0, 0.05) is 6.61 Å². The van der Waals surface area contributed by atoms with Crippen molar-refractivity contribution in [1.29, 1.82) is 0 Å². The summed E-state index contributed by atoms with van der Waals surface area (Å²) in [6.07, 6.45) is 1.87. The molecule has 0 aliphatic carbocycles. The minimum atomic E-state index is -3.53. The number of hydrogen-bond acceptors (Lipinski definition) is 4. The number of sulfone groups is 1. The summed E-state index contributed by atoms with van der Waals surface area (Å²) in [5.74, 6) is -1.20. The second kappa shape index (κ2) is 5.93. The lowest BCUT2D eigenvalue weighted by Gasteiger charge is -2.13. The molecule has 1 aromatic carbocycles. The first-order chi connectivity index (χ1) is 9.44. The van der Waals surface area contributed by atoms with E-state index in [-0.39, 0.29) is 22.3 Å². The molecule has 0 spiro atoms. The molecule has 110 valence electrons. The van der Waals surface area contributed by atoms with E-state index in [2.05, 4.69) is 0 Å². The summed E-state index contributed by atoms with van der Waals surface area (Å²) in [7, 11) is -3.53. The summed E-state index contributed by atoms with van der Waals surface area (Å²) in [5.41, 5.74) is 0.640. The van der Waals surface area contributed by atoms with Crippen LogP contribution in [0.3, 0.4) is 0 Å². The van der Waals surface area contributed by atoms with Gasteiger partial charge in [0.25, 0.3) is 0 Å². The maximum absolute atomic E-state index is 12.5. The number of carboxylic acid groups (broad SMARTS) is 1. The summed E-state index contributed by atoms with van der Waals surface area (Å²) in [6, 6.07) is 4.27. The Labute approximate surface area is 118 Å². The number of ether oxygens (including phenoxy) is 1. The lowest BCUT2D eigenvalue weighted by molar-refractivity contribution is 0.0696. The molecule has 1 N–H and O–H groups in total. The van der Waals surface area contributed by atoms with Crippen molar-refractivity contribution < 1.29 is 23.1 Å². The predicted molar refractivity (Wildman–Crippen MR) is 73.8 cm³/mol. The van der Waals surface area contributed by atoms with Crippen LogP contribution in [0.1, 0.15) is 35.7 Å². The largest absolute Gasteiger partial charge is 0.478 e. The van der Waals surface area contributed by atoms with E-state index in [0.29, 0.717) is 18.6 Å². The molecular weight excluding hydrogens is 280 g/mol. The number of benzene rings is 1. The van der Waals surface area contributed by atoms with Gasteiger partial charge in [0.2, 0.25) is 0 Å². The van der Waals surface area contributed by atoms with Crippen LogP contribution in [0, 0.1) is 0 Å². The third-order valence-electron chi connectivity index (χ3n) is 3.46. The third-order valence-corrected chi connectivity index (χ3v) is 5.32. The van der Waals surface area contributed by atoms with Crippen molar-refractivity contribution in [3.8, 4) is 0 Å². The quantitative estimate of drug-likeness (QED) is 0.898. The molecule has 1 aliphatic rings. The molecule has 1 aliphatic heterocycles. The molecule has 2 rings (SSSR count). The third kappa shape index (κ3) is 3.19. The molecule has 1 heterocycles. The van der Waals surface area contributed by atoms with Crippen molar-refractivity contribution >= 4 is 15.8 Å². The Hall–Kier alpha value is -1.40. The number of aromatic carboxylic acids is 1. The van der Waals surface area contributed by atoms with Crippen LogP contribution in [0.15, 0.2) is 23.1 Å². The number of hydrogen-bond donors (Lipinski definition) is 1. The average molecular weight is 298 g/mol. The molecular formula is C14H18O5S. The van der Waals surface area contributed by atoms with Crippen molar-refractivity contribution in [3.63, 3.8) is 0 Å². The van der Waals surface area contributed by atoms with E-state index in [4.69, 9.17) is 9.84 Å². The maximum atomic E-state index is 12.5. The van der Waals surface area contributed by atoms with Gasteiger partial charge in [-0.25, -0.2) is 13.2 Å². The molecule has 1 fully saturated rings. The summed E-state index contributed by atoms with van der Waals surface area (Å²) in [6.45, 7) is 2.44. The molecule has 0 amide bonds. The molecule has 1 unspecified atom stereocenters. The summed E-state index contributed by atoms with van der Waals surface area (Å²) < 4.78 is 30.3. The lowest BCUT2D eigenvalue weighted by Crippen LogP contribution is -2.21. The highest BCUT2D eigenvalue weighted by atomic mass is 32.2. The van der Waals surface area contributed by atoms with E-state index in [9.17, 15) is 13.2 Å². The van der Waals surface area contributed by atoms with Crippen LogP contribution in [0.2, 0.25) is 0 Å². The minimum absolute atomic E-state index is 0.00637. The van der Waals surface area contributed by atoms with Gasteiger partial charge in [-0.2, -0.15) is 0 Å². The van der Waals surface area contributed by atoms with Gasteiger partial charge in [0.1, 0.15) is 0 Å². The van der Waals surface area contributed by atoms with E-state index < -0.39 is 15.8 Å². The number of rotatable bonds is 5. The van der Waals surface area contributed by atoms with Gasteiger partial charge in [-0.15, -0.1) is 0 Å². The van der Waals surface area contributed by atoms with Crippen LogP contribution in [0.4, 0.5) is 0 Å². The van der Waals surface area contributed by atoms with Gasteiger partial charge >= 0.3 is 5.97 Å². The van der Waals surface area contributed by atoms with Gasteiger partial charge in [-0.3, -0.25) is 0 Å². The fourth-order valence-electron chi connectivity index (χ4n) is 2.38. The first-order valence-corrected chi connectivity index (χ1v) is 8.30. The van der Waals surface area contributed by atoms with Gasteiger partial charge in [-0.1, -0.05) is 13.0 Å². The normalized spacial score (nSPS) is 19.1. The van der Waals surface area contributed by atoms with Crippen molar-refractivity contribution in [3.05, 3.63) is 29.3 Å². The molecule has 20 heavy (non-hydrogen) atoms. The molecule has 6 heteroatoms. The molecule has 0 radical (unpaired) electrons. The Morgan fingerprint density at radius 3 is 2.75 bits per heavy atom. The number of aryl methyl sites for hydroxylation is 1. The highest BCUT2D eigenvalue weighted by Gasteiger charge is 2.27. The van der Waals surface area contributed by atoms with Gasteiger partial charge in [0.05, 0.1) is 22.3 Å². The van der Waals surface area contributed by atoms with Crippen LogP contribution in [-0.4, -0.2) is 38.0 Å². The molecule has 1 aromatic rings. The zero-order valence-electron chi connectivity index (χ0n) is 11.3. The highest BCUT2D eigenvalue weighted by molar-refractivity contribution is 7.91. The number of carboxylic acids is 1. The highest BCUT2D eigenvalue weighted by Crippen LogP contribution is 2.23. The Balaban J connectivity index is 2.37. The molecule has 1 atom stereocenters. The van der Waals surface area contributed by atoms with Crippen molar-refractivity contribution in [2.45, 2.75) is 37.2 Å². The van der Waals surface area contributed by atoms with E-state index in [1.807, 2.05) is 6.92 Å². The Kier molecular flexibility index (Phi) is 4.45. The fraction of sp³-hybridized carbons (Fsp3) is 0.500. The topological polar surface area (TPSA) is 80.7 Å². The van der Waals surface area contributed by atoms with E-state index in [0.717, 1.165) is 12.8 Å². The average Bonchev–Trinajstić information content (AvgIpc) is 2.90. The van der Waals surface area contributed by atoms with Crippen molar-refractivity contribution in [1.82, 2.24) is 0 Å². The zero-order valence-corrected chi connectivity index (χ0v) is 12.1. The Morgan fingerprint density at radius 2 is 2.20 bits per heavy atom. The van der Waals surface area contributed by atoms with E-state index in [1.165, 1.54) is 12.1 Å². The summed E-state index contributed by atoms with van der Waals surface area (Å²) in [5, 5.41) is 9.00. The minimum Gasteiger partial charge on any atom is -0.478 e. The molecule has 5 nitrogen and oxygen atoms in total. The van der Waals surface area contributed by atoms with Crippen LogP contribution in [-0.2, 0) is 21.0 Å². The van der Waals surface area contributed by atoms with Crippen LogP contribution in [0.5, 0.6) is 0 Å². The summed E-state index contributed by atoms with van der Waals surface area (Å²) in [4.78, 5) is 11.1. The van der Waals surface area contributed by atoms with Gasteiger partial charge in [-0.05, 0) is 37.0 Å². The second-order valence-electron chi connectivity index (χ2n) is 4.90. The standard InChI is InChI=1S/C14H18O5S/c1-2-10-5-6-11(14(15)16)8-13(10)20(17,18)9-12-4-3-7-19-12/h5-6,8,12H,2-4,7,9H2,1H3,(H,15,16). The number of carbonyl (C=O) groups is 1. The monoisotopic (exact) mass is 298 g/mol. The first-order valence-electron chi connectivity index (χ1n) is 6.64. The van der Waals surface area contributed by atoms with Crippen molar-refractivity contribution in [2.24, 2.45) is 0 Å². The second-order valence-corrected chi connectivity index (χ2v) is 6.90. The maximum Gasteiger partial charge on any atom is 0.335 e. The van der Waals surface area contributed by atoms with Crippen LogP contribution >= 0.6 is 0 Å². The molecule has 1 saturated heterocycles. The first kappa shape index (κ1) is 15.0. The van der Waals surface area contributed by atoms with Gasteiger partial charge in [0.15, 0.2) is 9.84 Å². The van der Waals surface area contributed by atoms with Crippen LogP contribution < -0.4 is 0 Å². The fourth-order valence-corrected chi connectivity index (χ4v) is 4.23. The predicted octanol–water partition coefficient (Wildman–Crippen LogP) is 1.90. The van der Waals surface area contributed by atoms with E-state index in [1.54, 1.807) is 6.07 Å². The smallest absolute Gasteiger partial charge is 0.335 e. The molecule has 0 aromatic heterocycles. The van der Waals surface area contributed by atoms with E-state index >= 15 is 0 Å². The zero-order chi connectivity index (χ0) is 14.8. The van der Waals surface area contributed by atoms with Crippen LogP contribution in [0.25, 0.3) is 0 Å². The molecule has 0 bridgehead atoms.